The molecule has 0 saturated heterocycles. The summed E-state index contributed by atoms with van der Waals surface area (Å²) in [6.07, 6.45) is 8.43. The summed E-state index contributed by atoms with van der Waals surface area (Å²) in [7, 11) is 0. The minimum Gasteiger partial charge on any atom is -0.386 e. The summed E-state index contributed by atoms with van der Waals surface area (Å²) in [5.41, 5.74) is -0.517. The Morgan fingerprint density at radius 3 is 3.00 bits per heavy atom. The van der Waals surface area contributed by atoms with Crippen LogP contribution in [0.25, 0.3) is 0 Å². The highest BCUT2D eigenvalue weighted by atomic mass is 16.3. The zero-order chi connectivity index (χ0) is 6.74. The van der Waals surface area contributed by atoms with E-state index in [0.29, 0.717) is 0 Å². The molecule has 1 aliphatic carbocycles. The van der Waals surface area contributed by atoms with Crippen LogP contribution < -0.4 is 0 Å². The van der Waals surface area contributed by atoms with E-state index in [9.17, 15) is 5.11 Å². The Balaban J connectivity index is 2.52. The van der Waals surface area contributed by atoms with Gasteiger partial charge in [0.2, 0.25) is 0 Å². The Kier molecular flexibility index (Phi) is 1.91. The quantitative estimate of drug-likeness (QED) is 0.491. The summed E-state index contributed by atoms with van der Waals surface area (Å²) in [6.45, 7) is 1.87. The van der Waals surface area contributed by atoms with Crippen LogP contribution in [0.15, 0.2) is 12.2 Å². The summed E-state index contributed by atoms with van der Waals surface area (Å²) in [6, 6.07) is 0. The molecule has 1 heteroatoms. The van der Waals surface area contributed by atoms with Crippen molar-refractivity contribution in [1.29, 1.82) is 0 Å². The van der Waals surface area contributed by atoms with Gasteiger partial charge in [-0.05, 0) is 32.6 Å². The third-order valence-corrected chi connectivity index (χ3v) is 1.78. The average molecular weight is 126 g/mol. The van der Waals surface area contributed by atoms with Gasteiger partial charge in [-0.2, -0.15) is 0 Å². The van der Waals surface area contributed by atoms with Gasteiger partial charge in [-0.25, -0.2) is 0 Å². The normalized spacial score (nSPS) is 36.2. The summed E-state index contributed by atoms with van der Waals surface area (Å²) in [5, 5.41) is 9.47. The number of hydrogen-bond acceptors (Lipinski definition) is 1. The molecule has 9 heavy (non-hydrogen) atoms. The van der Waals surface area contributed by atoms with Gasteiger partial charge in [0.1, 0.15) is 0 Å². The van der Waals surface area contributed by atoms with Crippen molar-refractivity contribution >= 4 is 0 Å². The van der Waals surface area contributed by atoms with Crippen molar-refractivity contribution in [1.82, 2.24) is 0 Å². The Bertz CT molecular complexity index is 114. The van der Waals surface area contributed by atoms with Crippen LogP contribution in [-0.4, -0.2) is 10.7 Å². The second kappa shape index (κ2) is 2.53. The van der Waals surface area contributed by atoms with Gasteiger partial charge in [-0.15, -0.1) is 0 Å². The second-order valence-corrected chi connectivity index (χ2v) is 3.01. The van der Waals surface area contributed by atoms with Crippen LogP contribution in [0.2, 0.25) is 0 Å². The summed E-state index contributed by atoms with van der Waals surface area (Å²) in [5.74, 6) is 0. The molecule has 0 aromatic carbocycles. The first-order valence-electron chi connectivity index (χ1n) is 3.61. The lowest BCUT2D eigenvalue weighted by Crippen LogP contribution is -2.18. The van der Waals surface area contributed by atoms with Crippen molar-refractivity contribution in [3.63, 3.8) is 0 Å². The molecular weight excluding hydrogens is 112 g/mol. The van der Waals surface area contributed by atoms with Gasteiger partial charge in [0, 0.05) is 0 Å². The SMILES string of the molecule is C[C@]1(O)C=CCCCC1. The summed E-state index contributed by atoms with van der Waals surface area (Å²) < 4.78 is 0. The largest absolute Gasteiger partial charge is 0.386 e. The molecule has 0 aromatic heterocycles. The highest BCUT2D eigenvalue weighted by molar-refractivity contribution is 4.99. The second-order valence-electron chi connectivity index (χ2n) is 3.01. The zero-order valence-corrected chi connectivity index (χ0v) is 5.93. The van der Waals surface area contributed by atoms with E-state index in [-0.39, 0.29) is 0 Å². The summed E-state index contributed by atoms with van der Waals surface area (Å²) in [4.78, 5) is 0. The molecule has 1 aliphatic rings. The van der Waals surface area contributed by atoms with Crippen LogP contribution in [0, 0.1) is 0 Å². The molecular formula is C8H14O. The molecule has 0 unspecified atom stereocenters. The molecule has 1 N–H and O–H groups in total. The third-order valence-electron chi connectivity index (χ3n) is 1.78. The van der Waals surface area contributed by atoms with Crippen molar-refractivity contribution in [2.75, 3.05) is 0 Å². The fraction of sp³-hybridized carbons (Fsp3) is 0.750. The van der Waals surface area contributed by atoms with E-state index in [4.69, 9.17) is 0 Å². The minimum absolute atomic E-state index is 0.517. The van der Waals surface area contributed by atoms with Gasteiger partial charge in [0.25, 0.3) is 0 Å². The van der Waals surface area contributed by atoms with Gasteiger partial charge in [0.05, 0.1) is 5.60 Å². The monoisotopic (exact) mass is 126 g/mol. The van der Waals surface area contributed by atoms with Crippen LogP contribution in [0.4, 0.5) is 0 Å². The zero-order valence-electron chi connectivity index (χ0n) is 5.93. The Hall–Kier alpha value is -0.300. The lowest BCUT2D eigenvalue weighted by molar-refractivity contribution is 0.101. The predicted octanol–water partition coefficient (Wildman–Crippen LogP) is 1.87. The van der Waals surface area contributed by atoms with Crippen molar-refractivity contribution < 1.29 is 5.11 Å². The molecule has 0 aliphatic heterocycles. The lowest BCUT2D eigenvalue weighted by Gasteiger charge is -2.15. The van der Waals surface area contributed by atoms with Crippen LogP contribution in [-0.2, 0) is 0 Å². The smallest absolute Gasteiger partial charge is 0.0799 e. The van der Waals surface area contributed by atoms with Crippen molar-refractivity contribution in [2.45, 2.75) is 38.2 Å². The number of aliphatic hydroxyl groups is 1. The molecule has 1 rings (SSSR count). The molecule has 52 valence electrons. The van der Waals surface area contributed by atoms with E-state index in [0.717, 1.165) is 19.3 Å². The predicted molar refractivity (Wildman–Crippen MR) is 38.2 cm³/mol. The average Bonchev–Trinajstić information content (AvgIpc) is 1.92. The van der Waals surface area contributed by atoms with Gasteiger partial charge < -0.3 is 5.11 Å². The first-order valence-corrected chi connectivity index (χ1v) is 3.61. The van der Waals surface area contributed by atoms with Crippen molar-refractivity contribution in [3.8, 4) is 0 Å². The highest BCUT2D eigenvalue weighted by Crippen LogP contribution is 2.19. The highest BCUT2D eigenvalue weighted by Gasteiger charge is 2.16. The first kappa shape index (κ1) is 6.81. The molecule has 0 aromatic rings. The summed E-state index contributed by atoms with van der Waals surface area (Å²) >= 11 is 0. The fourth-order valence-electron chi connectivity index (χ4n) is 1.17. The molecule has 1 nitrogen and oxygen atoms in total. The maximum absolute atomic E-state index is 9.47. The third kappa shape index (κ3) is 2.19. The molecule has 0 heterocycles. The fourth-order valence-corrected chi connectivity index (χ4v) is 1.17. The molecule has 0 radical (unpaired) electrons. The molecule has 0 spiro atoms. The molecule has 1 atom stereocenters. The van der Waals surface area contributed by atoms with E-state index >= 15 is 0 Å². The van der Waals surface area contributed by atoms with E-state index in [1.807, 2.05) is 13.0 Å². The van der Waals surface area contributed by atoms with Gasteiger partial charge in [0.15, 0.2) is 0 Å². The molecule has 0 fully saturated rings. The number of rotatable bonds is 0. The van der Waals surface area contributed by atoms with Gasteiger partial charge in [-0.1, -0.05) is 12.2 Å². The maximum atomic E-state index is 9.47. The Morgan fingerprint density at radius 1 is 1.44 bits per heavy atom. The van der Waals surface area contributed by atoms with E-state index in [1.54, 1.807) is 0 Å². The lowest BCUT2D eigenvalue weighted by atomic mass is 10.0. The molecule has 0 saturated carbocycles. The molecule has 0 amide bonds. The van der Waals surface area contributed by atoms with E-state index in [1.165, 1.54) is 6.42 Å². The number of allylic oxidation sites excluding steroid dienone is 1. The van der Waals surface area contributed by atoms with Crippen molar-refractivity contribution in [3.05, 3.63) is 12.2 Å². The van der Waals surface area contributed by atoms with Crippen LogP contribution >= 0.6 is 0 Å². The van der Waals surface area contributed by atoms with Gasteiger partial charge >= 0.3 is 0 Å². The standard InChI is InChI=1S/C8H14O/c1-8(9)6-4-2-3-5-7-8/h4,6,9H,2-3,5,7H2,1H3/t8-/m0/s1. The maximum Gasteiger partial charge on any atom is 0.0799 e. The Morgan fingerprint density at radius 2 is 2.22 bits per heavy atom. The Labute approximate surface area is 56.4 Å². The van der Waals surface area contributed by atoms with Crippen LogP contribution in [0.3, 0.4) is 0 Å². The minimum atomic E-state index is -0.517. The number of hydrogen-bond donors (Lipinski definition) is 1. The first-order chi connectivity index (χ1) is 4.21. The van der Waals surface area contributed by atoms with Gasteiger partial charge in [-0.3, -0.25) is 0 Å². The van der Waals surface area contributed by atoms with Crippen molar-refractivity contribution in [2.24, 2.45) is 0 Å². The van der Waals surface area contributed by atoms with E-state index < -0.39 is 5.60 Å². The van der Waals surface area contributed by atoms with E-state index in [2.05, 4.69) is 6.08 Å². The topological polar surface area (TPSA) is 20.2 Å². The van der Waals surface area contributed by atoms with Crippen LogP contribution in [0.5, 0.6) is 0 Å². The van der Waals surface area contributed by atoms with Crippen LogP contribution in [0.1, 0.15) is 32.6 Å². The molecule has 0 bridgehead atoms.